The normalized spacial score (nSPS) is 24.9. The number of nitrogens with one attached hydrogen (secondary N) is 1. The number of hydrogen-bond acceptors (Lipinski definition) is 5. The number of aryl methyl sites for hydroxylation is 1. The second kappa shape index (κ2) is 8.92. The fourth-order valence-electron chi connectivity index (χ4n) is 4.70. The zero-order valence-electron chi connectivity index (χ0n) is 18.3. The maximum absolute atomic E-state index is 13.7. The van der Waals surface area contributed by atoms with Crippen LogP contribution in [0.25, 0.3) is 10.4 Å². The zero-order chi connectivity index (χ0) is 22.2. The van der Waals surface area contributed by atoms with Gasteiger partial charge in [-0.05, 0) is 31.7 Å². The van der Waals surface area contributed by atoms with Crippen LogP contribution < -0.4 is 4.90 Å². The molecule has 166 valence electrons. The minimum Gasteiger partial charge on any atom is -0.334 e. The van der Waals surface area contributed by atoms with Crippen LogP contribution in [-0.4, -0.2) is 44.3 Å². The molecule has 1 N–H and O–H groups in total. The van der Waals surface area contributed by atoms with Crippen LogP contribution in [0.3, 0.4) is 0 Å². The first kappa shape index (κ1) is 21.6. The summed E-state index contributed by atoms with van der Waals surface area (Å²) in [5.41, 5.74) is 2.71. The molecule has 5 rings (SSSR count). The van der Waals surface area contributed by atoms with Gasteiger partial charge in [0.15, 0.2) is 6.17 Å². The molecule has 4 heterocycles. The first-order valence-corrected chi connectivity index (χ1v) is 12.7. The summed E-state index contributed by atoms with van der Waals surface area (Å²) in [6.07, 6.45) is 10.5. The Morgan fingerprint density at radius 2 is 2.09 bits per heavy atom. The summed E-state index contributed by atoms with van der Waals surface area (Å²) in [4.78, 5) is 27.5. The molecule has 32 heavy (non-hydrogen) atoms. The van der Waals surface area contributed by atoms with Gasteiger partial charge in [-0.1, -0.05) is 30.3 Å². The lowest BCUT2D eigenvalue weighted by Crippen LogP contribution is -3.14. The number of quaternary nitrogens is 1. The topological polar surface area (TPSA) is 53.2 Å². The molecule has 6 nitrogen and oxygen atoms in total. The summed E-state index contributed by atoms with van der Waals surface area (Å²) in [6.45, 7) is 4.91. The molecule has 1 aromatic carbocycles. The fourth-order valence-corrected chi connectivity index (χ4v) is 5.95. The van der Waals surface area contributed by atoms with Crippen LogP contribution in [0.4, 0.5) is 0 Å². The third kappa shape index (κ3) is 4.07. The zero-order valence-corrected chi connectivity index (χ0v) is 20.7. The average Bonchev–Trinajstić information content (AvgIpc) is 3.40. The van der Waals surface area contributed by atoms with Gasteiger partial charge >= 0.3 is 0 Å². The summed E-state index contributed by atoms with van der Waals surface area (Å²) < 4.78 is 2.02. The fraction of sp³-hybridized carbons (Fsp3) is 0.375. The number of amidine groups is 1. The molecule has 8 heteroatoms. The number of amides is 1. The first-order chi connectivity index (χ1) is 15.5. The van der Waals surface area contributed by atoms with Crippen LogP contribution >= 0.6 is 27.5 Å². The van der Waals surface area contributed by atoms with Gasteiger partial charge < -0.3 is 4.90 Å². The molecule has 1 aromatic heterocycles. The van der Waals surface area contributed by atoms with E-state index >= 15 is 0 Å². The molecule has 3 atom stereocenters. The van der Waals surface area contributed by atoms with Gasteiger partial charge in [-0.3, -0.25) is 8.72 Å². The Morgan fingerprint density at radius 1 is 1.28 bits per heavy atom. The Balaban J connectivity index is 1.39. The summed E-state index contributed by atoms with van der Waals surface area (Å²) >= 11 is 5.17. The van der Waals surface area contributed by atoms with E-state index in [2.05, 4.69) is 46.4 Å². The number of nitrogens with zero attached hydrogens (tertiary/aromatic N) is 4. The van der Waals surface area contributed by atoms with E-state index in [-0.39, 0.29) is 18.1 Å². The largest absolute Gasteiger partial charge is 0.334 e. The van der Waals surface area contributed by atoms with Crippen LogP contribution in [0.2, 0.25) is 0 Å². The van der Waals surface area contributed by atoms with E-state index < -0.39 is 0 Å². The van der Waals surface area contributed by atoms with E-state index in [1.54, 1.807) is 11.3 Å². The summed E-state index contributed by atoms with van der Waals surface area (Å²) in [7, 11) is 0. The number of rotatable bonds is 4. The molecule has 1 amide bonds. The van der Waals surface area contributed by atoms with E-state index in [0.29, 0.717) is 5.69 Å². The van der Waals surface area contributed by atoms with E-state index in [4.69, 9.17) is 4.99 Å². The molecule has 2 aromatic rings. The van der Waals surface area contributed by atoms with Gasteiger partial charge in [-0.15, -0.1) is 11.3 Å². The first-order valence-electron chi connectivity index (χ1n) is 11.1. The highest BCUT2D eigenvalue weighted by molar-refractivity contribution is 9.07. The van der Waals surface area contributed by atoms with Crippen molar-refractivity contribution in [3.63, 3.8) is 0 Å². The quantitative estimate of drug-likeness (QED) is 0.626. The van der Waals surface area contributed by atoms with Gasteiger partial charge in [-0.2, -0.15) is 4.99 Å². The number of benzene rings is 1. The molecule has 0 aliphatic carbocycles. The molecular weight excluding hydrogens is 486 g/mol. The minimum atomic E-state index is 0.0501. The highest BCUT2D eigenvalue weighted by Crippen LogP contribution is 2.33. The number of likely N-dealkylation sites (tertiary alicyclic amines) is 1. The lowest BCUT2D eigenvalue weighted by Gasteiger charge is -2.35. The number of aliphatic imine (C=N–C) groups is 1. The maximum Gasteiger partial charge on any atom is 0.274 e. The van der Waals surface area contributed by atoms with Crippen LogP contribution in [0.5, 0.6) is 0 Å². The summed E-state index contributed by atoms with van der Waals surface area (Å²) in [5, 5.41) is 0.922. The smallest absolute Gasteiger partial charge is 0.274 e. The summed E-state index contributed by atoms with van der Waals surface area (Å²) in [6, 6.07) is 10.3. The Hall–Kier alpha value is -2.29. The molecule has 0 spiro atoms. The number of piperidine rings is 1. The van der Waals surface area contributed by atoms with Gasteiger partial charge in [0.2, 0.25) is 5.84 Å². The molecular formula is C24H27BrN5OS+. The maximum atomic E-state index is 13.7. The molecule has 1 saturated heterocycles. The molecule has 0 radical (unpaired) electrons. The van der Waals surface area contributed by atoms with Crippen molar-refractivity contribution in [1.82, 2.24) is 13.8 Å². The van der Waals surface area contributed by atoms with Crippen LogP contribution in [0, 0.1) is 6.92 Å². The predicted octanol–water partition coefficient (Wildman–Crippen LogP) is 4.13. The third-order valence-corrected chi connectivity index (χ3v) is 8.25. The molecule has 0 bridgehead atoms. The highest BCUT2D eigenvalue weighted by atomic mass is 79.9. The Bertz CT molecular complexity index is 1110. The van der Waals surface area contributed by atoms with E-state index in [0.717, 1.165) is 59.2 Å². The van der Waals surface area contributed by atoms with Crippen molar-refractivity contribution in [3.8, 4) is 10.4 Å². The highest BCUT2D eigenvalue weighted by Gasteiger charge is 2.36. The van der Waals surface area contributed by atoms with Crippen molar-refractivity contribution in [1.29, 1.82) is 0 Å². The van der Waals surface area contributed by atoms with E-state index in [1.807, 2.05) is 46.2 Å². The monoisotopic (exact) mass is 512 g/mol. The van der Waals surface area contributed by atoms with Gasteiger partial charge in [0.05, 0.1) is 26.0 Å². The number of hydrogen-bond donors (Lipinski definition) is 1. The standard InChI is InChI=1S/C24H26BrN5OS/c1-16-26-22(23(32-16)18-8-4-3-5-9-18)24(31)28-12-7-6-10-20(28)14-19-15-29-17(2)30(25)13-11-21(29)27-19/h3-5,8-9,11,13,15,17,20H,6-7,10,12,14H2,1-2H3/p+1/t17?,20-/m0/s1. The number of aromatic nitrogens is 1. The Morgan fingerprint density at radius 3 is 2.91 bits per heavy atom. The predicted molar refractivity (Wildman–Crippen MR) is 131 cm³/mol. The number of thiazole rings is 1. The van der Waals surface area contributed by atoms with Crippen molar-refractivity contribution in [2.45, 2.75) is 51.7 Å². The Kier molecular flexibility index (Phi) is 6.01. The molecule has 1 fully saturated rings. The van der Waals surface area contributed by atoms with Gasteiger partial charge in [0, 0.05) is 38.2 Å². The van der Waals surface area contributed by atoms with Crippen molar-refractivity contribution in [2.24, 2.45) is 4.99 Å². The average molecular weight is 513 g/mol. The van der Waals surface area contributed by atoms with E-state index in [1.165, 1.54) is 4.90 Å². The van der Waals surface area contributed by atoms with Crippen LogP contribution in [0.15, 0.2) is 59.5 Å². The van der Waals surface area contributed by atoms with Gasteiger partial charge in [0.25, 0.3) is 5.91 Å². The van der Waals surface area contributed by atoms with Crippen molar-refractivity contribution in [2.75, 3.05) is 6.54 Å². The summed E-state index contributed by atoms with van der Waals surface area (Å²) in [5.74, 6) is 1.09. The second-order valence-corrected chi connectivity index (χ2v) is 10.6. The van der Waals surface area contributed by atoms with Crippen LogP contribution in [0.1, 0.15) is 48.1 Å². The number of halogens is 1. The molecule has 3 aliphatic heterocycles. The molecule has 0 saturated carbocycles. The molecule has 2 unspecified atom stereocenters. The van der Waals surface area contributed by atoms with Gasteiger partial charge in [0.1, 0.15) is 17.6 Å². The van der Waals surface area contributed by atoms with Gasteiger partial charge in [-0.25, -0.2) is 9.88 Å². The second-order valence-electron chi connectivity index (χ2n) is 8.55. The lowest BCUT2D eigenvalue weighted by molar-refractivity contribution is -0.784. The van der Waals surface area contributed by atoms with Crippen molar-refractivity contribution in [3.05, 3.63) is 65.2 Å². The van der Waals surface area contributed by atoms with Crippen molar-refractivity contribution >= 4 is 39.2 Å². The number of carbonyl (C=O) groups excluding carboxylic acids is 1. The minimum absolute atomic E-state index is 0.0501. The third-order valence-electron chi connectivity index (χ3n) is 6.38. The molecule has 3 aliphatic rings. The SMILES string of the molecule is Cc1nc(C(=O)N2CCCC[C@H]2CC2=C[NH+]3C(=N2)C=CN(Br)C3C)c(-c2ccccc2)s1. The van der Waals surface area contributed by atoms with Crippen molar-refractivity contribution < 1.29 is 9.69 Å². The van der Waals surface area contributed by atoms with Crippen LogP contribution in [-0.2, 0) is 0 Å². The number of carbonyl (C=O) groups is 1. The number of fused-ring (bicyclic) bond motifs is 1. The Labute approximate surface area is 201 Å². The lowest BCUT2D eigenvalue weighted by atomic mass is 9.97. The van der Waals surface area contributed by atoms with E-state index in [9.17, 15) is 4.79 Å².